The molecule has 1 fully saturated rings. The molecular formula is C32H42ClN3O3S2. The number of carbonyl (C=O) groups is 2. The molecule has 2 aliphatic rings. The number of fused-ring (bicyclic) bond motifs is 1. The summed E-state index contributed by atoms with van der Waals surface area (Å²) in [7, 11) is 0. The number of halogens is 1. The molecule has 0 bridgehead atoms. The molecular weight excluding hydrogens is 574 g/mol. The van der Waals surface area contributed by atoms with Gasteiger partial charge < -0.3 is 20.1 Å². The molecule has 1 heterocycles. The van der Waals surface area contributed by atoms with Crippen molar-refractivity contribution in [2.24, 2.45) is 23.5 Å². The van der Waals surface area contributed by atoms with E-state index in [2.05, 4.69) is 41.7 Å². The number of nitrogens with one attached hydrogen (secondary N) is 1. The van der Waals surface area contributed by atoms with Gasteiger partial charge in [-0.3, -0.25) is 9.59 Å². The number of hydrogen-bond acceptors (Lipinski definition) is 6. The highest BCUT2D eigenvalue weighted by molar-refractivity contribution is 8.00. The number of nitrogens with zero attached hydrogens (tertiary/aromatic N) is 1. The molecule has 2 aromatic carbocycles. The minimum atomic E-state index is -0.417. The van der Waals surface area contributed by atoms with Gasteiger partial charge in [-0.1, -0.05) is 49.7 Å². The van der Waals surface area contributed by atoms with E-state index in [4.69, 9.17) is 22.1 Å². The standard InChI is InChI=1S/C32H42ClN3O3S2/c1-22(23(2)41-35-21-37)6-3-4-8-25-10-11-27(25)18-36-19-29(40-15-14-24-7-5-9-28(33)16-24)20-39-31-13-12-26(32(34)38)17-30(31)36/h3-5,7,9,12-13,16-17,21-23,25,27,29H,6,8,10-11,14-15,18-20H2,1-2H3,(H2,34,38)(H,35,37)/b4-3+/t22-,23+,25+,27-,29?/m0/s1. The predicted molar refractivity (Wildman–Crippen MR) is 174 cm³/mol. The largest absolute Gasteiger partial charge is 0.490 e. The Morgan fingerprint density at radius 2 is 2.02 bits per heavy atom. The maximum atomic E-state index is 12.0. The molecule has 5 atom stereocenters. The Kier molecular flexibility index (Phi) is 12.2. The van der Waals surface area contributed by atoms with E-state index in [9.17, 15) is 9.59 Å². The number of nitrogens with two attached hydrogens (primary N) is 1. The van der Waals surface area contributed by atoms with Crippen LogP contribution in [0.2, 0.25) is 5.02 Å². The number of amides is 2. The fourth-order valence-electron chi connectivity index (χ4n) is 5.43. The first-order valence-corrected chi connectivity index (χ1v) is 16.8. The molecule has 4 rings (SSSR count). The molecule has 0 radical (unpaired) electrons. The highest BCUT2D eigenvalue weighted by Gasteiger charge is 2.34. The topological polar surface area (TPSA) is 84.7 Å². The lowest BCUT2D eigenvalue weighted by Crippen LogP contribution is -2.41. The van der Waals surface area contributed by atoms with Gasteiger partial charge in [0, 0.05) is 28.9 Å². The Bertz CT molecular complexity index is 1200. The number of ether oxygens (including phenoxy) is 1. The van der Waals surface area contributed by atoms with Crippen molar-refractivity contribution in [3.05, 3.63) is 70.8 Å². The summed E-state index contributed by atoms with van der Waals surface area (Å²) >= 11 is 9.60. The molecule has 9 heteroatoms. The Labute approximate surface area is 258 Å². The van der Waals surface area contributed by atoms with E-state index in [1.807, 2.05) is 42.1 Å². The van der Waals surface area contributed by atoms with Gasteiger partial charge in [0.25, 0.3) is 0 Å². The monoisotopic (exact) mass is 615 g/mol. The first-order chi connectivity index (χ1) is 19.8. The van der Waals surface area contributed by atoms with Crippen molar-refractivity contribution in [2.75, 3.05) is 30.3 Å². The molecule has 1 aliphatic heterocycles. The lowest BCUT2D eigenvalue weighted by Gasteiger charge is -2.40. The van der Waals surface area contributed by atoms with Crippen LogP contribution in [0.5, 0.6) is 5.75 Å². The van der Waals surface area contributed by atoms with Gasteiger partial charge in [0.05, 0.1) is 10.9 Å². The number of thioether (sulfide) groups is 1. The van der Waals surface area contributed by atoms with Crippen molar-refractivity contribution in [3.63, 3.8) is 0 Å². The minimum absolute atomic E-state index is 0.312. The van der Waals surface area contributed by atoms with Crippen LogP contribution in [0.3, 0.4) is 0 Å². The number of benzene rings is 2. The van der Waals surface area contributed by atoms with Crippen LogP contribution in [-0.4, -0.2) is 48.3 Å². The van der Waals surface area contributed by atoms with Gasteiger partial charge in [-0.15, -0.1) is 0 Å². The number of carbonyl (C=O) groups excluding carboxylic acids is 2. The third-order valence-electron chi connectivity index (χ3n) is 8.31. The molecule has 0 spiro atoms. The summed E-state index contributed by atoms with van der Waals surface area (Å²) in [6.45, 7) is 6.83. The number of anilines is 1. The van der Waals surface area contributed by atoms with Crippen LogP contribution in [0.1, 0.15) is 55.5 Å². The van der Waals surface area contributed by atoms with Crippen LogP contribution in [0.25, 0.3) is 0 Å². The molecule has 41 heavy (non-hydrogen) atoms. The van der Waals surface area contributed by atoms with Crippen LogP contribution in [-0.2, 0) is 11.2 Å². The second-order valence-electron chi connectivity index (χ2n) is 11.2. The summed E-state index contributed by atoms with van der Waals surface area (Å²) in [5, 5.41) is 1.46. The van der Waals surface area contributed by atoms with Crippen molar-refractivity contribution in [1.29, 1.82) is 0 Å². The molecule has 222 valence electrons. The van der Waals surface area contributed by atoms with Crippen molar-refractivity contribution in [3.8, 4) is 5.75 Å². The second kappa shape index (κ2) is 15.8. The van der Waals surface area contributed by atoms with Crippen LogP contribution in [0, 0.1) is 17.8 Å². The third-order valence-corrected chi connectivity index (χ3v) is 10.8. The zero-order valence-corrected chi connectivity index (χ0v) is 26.4. The van der Waals surface area contributed by atoms with E-state index in [0.29, 0.717) is 40.4 Å². The van der Waals surface area contributed by atoms with E-state index < -0.39 is 5.91 Å². The van der Waals surface area contributed by atoms with Crippen molar-refractivity contribution >= 4 is 53.3 Å². The van der Waals surface area contributed by atoms with Crippen molar-refractivity contribution < 1.29 is 14.3 Å². The molecule has 0 aromatic heterocycles. The number of aryl methyl sites for hydroxylation is 1. The second-order valence-corrected chi connectivity index (χ2v) is 14.3. The normalized spacial score (nSPS) is 21.7. The summed E-state index contributed by atoms with van der Waals surface area (Å²) in [5.74, 6) is 3.15. The van der Waals surface area contributed by atoms with Crippen molar-refractivity contribution in [2.45, 2.75) is 56.5 Å². The minimum Gasteiger partial charge on any atom is -0.490 e. The summed E-state index contributed by atoms with van der Waals surface area (Å²) in [6.07, 6.45) is 10.9. The van der Waals surface area contributed by atoms with Crippen LogP contribution < -0.4 is 20.1 Å². The quantitative estimate of drug-likeness (QED) is 0.131. The average Bonchev–Trinajstić information content (AvgIpc) is 3.12. The average molecular weight is 616 g/mol. The van der Waals surface area contributed by atoms with Crippen LogP contribution >= 0.6 is 35.3 Å². The zero-order valence-electron chi connectivity index (χ0n) is 24.0. The summed E-state index contributed by atoms with van der Waals surface area (Å²) < 4.78 is 8.99. The molecule has 3 N–H and O–H groups in total. The maximum Gasteiger partial charge on any atom is 0.248 e. The van der Waals surface area contributed by atoms with Gasteiger partial charge in [-0.05, 0) is 103 Å². The highest BCUT2D eigenvalue weighted by atomic mass is 35.5. The Morgan fingerprint density at radius 3 is 2.76 bits per heavy atom. The molecule has 2 aromatic rings. The van der Waals surface area contributed by atoms with E-state index in [0.717, 1.165) is 61.0 Å². The number of allylic oxidation sites excluding steroid dienone is 2. The number of rotatable bonds is 15. The fourth-order valence-corrected chi connectivity index (χ4v) is 7.39. The Balaban J connectivity index is 1.36. The van der Waals surface area contributed by atoms with Crippen molar-refractivity contribution in [1.82, 2.24) is 4.72 Å². The Morgan fingerprint density at radius 1 is 1.20 bits per heavy atom. The van der Waals surface area contributed by atoms with Gasteiger partial charge in [0.15, 0.2) is 0 Å². The summed E-state index contributed by atoms with van der Waals surface area (Å²) in [6, 6.07) is 13.6. The molecule has 1 saturated carbocycles. The van der Waals surface area contributed by atoms with E-state index in [1.54, 1.807) is 6.07 Å². The molecule has 1 aliphatic carbocycles. The molecule has 6 nitrogen and oxygen atoms in total. The van der Waals surface area contributed by atoms with Gasteiger partial charge in [0.1, 0.15) is 12.4 Å². The molecule has 0 saturated heterocycles. The first kappa shape index (κ1) is 31.6. The van der Waals surface area contributed by atoms with Gasteiger partial charge in [-0.25, -0.2) is 0 Å². The SMILES string of the molecule is C[C@@H](C/C=C/C[C@@H]1CC[C@H]1CN1CC(SCCc2cccc(Cl)c2)COc2ccc(C(N)=O)cc21)[C@@H](C)SNC=O. The summed E-state index contributed by atoms with van der Waals surface area (Å²) in [5.41, 5.74) is 8.38. The number of primary amides is 1. The van der Waals surface area contributed by atoms with Crippen LogP contribution in [0.15, 0.2) is 54.6 Å². The third kappa shape index (κ3) is 9.35. The maximum absolute atomic E-state index is 12.0. The van der Waals surface area contributed by atoms with E-state index >= 15 is 0 Å². The van der Waals surface area contributed by atoms with E-state index in [1.165, 1.54) is 30.4 Å². The first-order valence-electron chi connectivity index (χ1n) is 14.5. The summed E-state index contributed by atoms with van der Waals surface area (Å²) in [4.78, 5) is 25.0. The zero-order chi connectivity index (χ0) is 29.2. The van der Waals surface area contributed by atoms with Gasteiger partial charge >= 0.3 is 0 Å². The molecule has 2 amide bonds. The van der Waals surface area contributed by atoms with Crippen LogP contribution in [0.4, 0.5) is 5.69 Å². The number of hydrogen-bond donors (Lipinski definition) is 2. The smallest absolute Gasteiger partial charge is 0.248 e. The van der Waals surface area contributed by atoms with Gasteiger partial charge in [0.2, 0.25) is 12.3 Å². The predicted octanol–water partition coefficient (Wildman–Crippen LogP) is 6.76. The fraction of sp³-hybridized carbons (Fsp3) is 0.500. The lowest BCUT2D eigenvalue weighted by molar-refractivity contribution is -0.107. The lowest BCUT2D eigenvalue weighted by atomic mass is 9.71. The van der Waals surface area contributed by atoms with Gasteiger partial charge in [-0.2, -0.15) is 11.8 Å². The Hall–Kier alpha value is -2.29. The highest BCUT2D eigenvalue weighted by Crippen LogP contribution is 2.41. The molecule has 1 unspecified atom stereocenters. The van der Waals surface area contributed by atoms with E-state index in [-0.39, 0.29) is 0 Å².